The van der Waals surface area contributed by atoms with Gasteiger partial charge in [-0.3, -0.25) is 9.11 Å². The van der Waals surface area contributed by atoms with Gasteiger partial charge in [-0.1, -0.05) is 97.3 Å². The Kier molecular flexibility index (Phi) is 31.5. The highest BCUT2D eigenvalue weighted by atomic mass is 32.3. The predicted molar refractivity (Wildman–Crippen MR) is 123 cm³/mol. The molecule has 0 spiro atoms. The molecule has 0 bridgehead atoms. The average Bonchev–Trinajstić information content (AvgIpc) is 2.71. The molecule has 0 aliphatic rings. The third-order valence-corrected chi connectivity index (χ3v) is 4.25. The highest BCUT2D eigenvalue weighted by molar-refractivity contribution is 7.79. The summed E-state index contributed by atoms with van der Waals surface area (Å²) >= 11 is 0. The number of unbranched alkanes of at least 4 members (excludes halogenated alkanes) is 12. The molecule has 0 heterocycles. The number of aliphatic hydroxyl groups is 4. The quantitative estimate of drug-likeness (QED) is 0.129. The van der Waals surface area contributed by atoms with Crippen LogP contribution in [0.3, 0.4) is 0 Å². The average molecular weight is 477 g/mol. The lowest BCUT2D eigenvalue weighted by Crippen LogP contribution is -2.25. The van der Waals surface area contributed by atoms with Gasteiger partial charge in [0.05, 0.1) is 26.4 Å². The van der Waals surface area contributed by atoms with E-state index in [0.717, 1.165) is 0 Å². The van der Waals surface area contributed by atoms with Gasteiger partial charge in [0.2, 0.25) is 0 Å². The Hall–Kier alpha value is -0.330. The molecule has 0 aromatic heterocycles. The second-order valence-corrected chi connectivity index (χ2v) is 8.44. The first kappa shape index (κ1) is 35.3. The third kappa shape index (κ3) is 48.4. The molecule has 0 rings (SSSR count). The van der Waals surface area contributed by atoms with Crippen molar-refractivity contribution in [3.63, 3.8) is 0 Å². The zero-order chi connectivity index (χ0) is 24.4. The third-order valence-electron chi connectivity index (χ3n) is 4.25. The van der Waals surface area contributed by atoms with Gasteiger partial charge in [0, 0.05) is 0 Å². The molecular weight excluding hydrogens is 428 g/mol. The van der Waals surface area contributed by atoms with Crippen molar-refractivity contribution < 1.29 is 42.7 Å². The van der Waals surface area contributed by atoms with Gasteiger partial charge < -0.3 is 25.2 Å². The first-order valence-corrected chi connectivity index (χ1v) is 12.9. The van der Waals surface area contributed by atoms with Gasteiger partial charge in [-0.2, -0.15) is 8.42 Å². The van der Waals surface area contributed by atoms with E-state index in [1.807, 2.05) is 0 Å². The first-order valence-electron chi connectivity index (χ1n) is 11.5. The lowest BCUT2D eigenvalue weighted by Gasteiger charge is -2.10. The lowest BCUT2D eigenvalue weighted by molar-refractivity contribution is -0.0364. The summed E-state index contributed by atoms with van der Waals surface area (Å²) in [5.74, 6) is 0. The van der Waals surface area contributed by atoms with Gasteiger partial charge in [-0.15, -0.1) is 0 Å². The fraction of sp³-hybridized carbons (Fsp3) is 1.00. The van der Waals surface area contributed by atoms with E-state index in [-0.39, 0.29) is 26.4 Å². The molecule has 0 aliphatic heterocycles. The van der Waals surface area contributed by atoms with Crippen molar-refractivity contribution in [3.05, 3.63) is 0 Å². The van der Waals surface area contributed by atoms with Crippen LogP contribution in [0.25, 0.3) is 0 Å². The van der Waals surface area contributed by atoms with Crippen LogP contribution >= 0.6 is 0 Å². The Morgan fingerprint density at radius 2 is 0.839 bits per heavy atom. The molecule has 0 saturated heterocycles. The SMILES string of the molecule is CCCCCCCCCCCCCCC.O=S(=O)(O)O.OCC(O)COCC(O)CO. The van der Waals surface area contributed by atoms with Gasteiger partial charge >= 0.3 is 10.4 Å². The maximum Gasteiger partial charge on any atom is 0.394 e. The normalized spacial score (nSPS) is 12.9. The molecule has 31 heavy (non-hydrogen) atoms. The maximum absolute atomic E-state index is 8.74. The molecule has 0 aliphatic carbocycles. The number of hydrogen-bond donors (Lipinski definition) is 6. The van der Waals surface area contributed by atoms with Crippen LogP contribution in [-0.2, 0) is 15.1 Å². The molecule has 6 N–H and O–H groups in total. The van der Waals surface area contributed by atoms with Crippen LogP contribution in [0.15, 0.2) is 0 Å². The second-order valence-electron chi connectivity index (χ2n) is 7.55. The molecular formula is C21H48O9S. The summed E-state index contributed by atoms with van der Waals surface area (Å²) in [6, 6.07) is 0. The van der Waals surface area contributed by atoms with Gasteiger partial charge in [0.25, 0.3) is 0 Å². The Balaban J connectivity index is -0.000000428. The molecule has 10 heteroatoms. The van der Waals surface area contributed by atoms with E-state index in [9.17, 15) is 0 Å². The molecule has 192 valence electrons. The molecule has 2 atom stereocenters. The highest BCUT2D eigenvalue weighted by Crippen LogP contribution is 2.12. The fourth-order valence-corrected chi connectivity index (χ4v) is 2.54. The Bertz CT molecular complexity index is 389. The number of aliphatic hydroxyl groups excluding tert-OH is 4. The monoisotopic (exact) mass is 476 g/mol. The summed E-state index contributed by atoms with van der Waals surface area (Å²) in [6.07, 6.45) is 17.1. The van der Waals surface area contributed by atoms with Crippen LogP contribution in [-0.4, -0.2) is 76.6 Å². The van der Waals surface area contributed by atoms with E-state index < -0.39 is 22.6 Å². The number of hydrogen-bond acceptors (Lipinski definition) is 7. The van der Waals surface area contributed by atoms with E-state index in [2.05, 4.69) is 13.8 Å². The second kappa shape index (κ2) is 27.7. The zero-order valence-electron chi connectivity index (χ0n) is 19.5. The van der Waals surface area contributed by atoms with Crippen molar-refractivity contribution in [3.8, 4) is 0 Å². The largest absolute Gasteiger partial charge is 0.394 e. The summed E-state index contributed by atoms with van der Waals surface area (Å²) in [5, 5.41) is 34.1. The van der Waals surface area contributed by atoms with E-state index in [4.69, 9.17) is 42.7 Å². The van der Waals surface area contributed by atoms with Crippen molar-refractivity contribution in [1.29, 1.82) is 0 Å². The van der Waals surface area contributed by atoms with Crippen LogP contribution in [0.2, 0.25) is 0 Å². The Morgan fingerprint density at radius 3 is 1.03 bits per heavy atom. The summed E-state index contributed by atoms with van der Waals surface area (Å²) in [4.78, 5) is 0. The standard InChI is InChI=1S/C15H32.C6H14O5.H2O4S/c1-3-5-7-9-11-13-15-14-12-10-8-6-4-2;7-1-5(9)3-11-4-6(10)2-8;1-5(2,3)4/h3-15H2,1-2H3;5-10H,1-4H2;(H2,1,2,3,4). The summed E-state index contributed by atoms with van der Waals surface area (Å²) in [6.45, 7) is 3.78. The van der Waals surface area contributed by atoms with E-state index >= 15 is 0 Å². The molecule has 2 unspecified atom stereocenters. The van der Waals surface area contributed by atoms with Crippen molar-refractivity contribution in [2.75, 3.05) is 26.4 Å². The van der Waals surface area contributed by atoms with E-state index in [1.54, 1.807) is 0 Å². The lowest BCUT2D eigenvalue weighted by atomic mass is 10.1. The minimum atomic E-state index is -4.67. The summed E-state index contributed by atoms with van der Waals surface area (Å²) < 4.78 is 36.3. The fourth-order valence-electron chi connectivity index (χ4n) is 2.54. The highest BCUT2D eigenvalue weighted by Gasteiger charge is 2.05. The van der Waals surface area contributed by atoms with Gasteiger partial charge in [0.15, 0.2) is 0 Å². The smallest absolute Gasteiger partial charge is 0.394 e. The molecule has 0 fully saturated rings. The minimum Gasteiger partial charge on any atom is -0.394 e. The van der Waals surface area contributed by atoms with Crippen molar-refractivity contribution in [2.45, 2.75) is 110 Å². The first-order chi connectivity index (χ1) is 14.6. The van der Waals surface area contributed by atoms with Crippen molar-refractivity contribution >= 4 is 10.4 Å². The van der Waals surface area contributed by atoms with Crippen LogP contribution < -0.4 is 0 Å². The van der Waals surface area contributed by atoms with Crippen molar-refractivity contribution in [1.82, 2.24) is 0 Å². The molecule has 9 nitrogen and oxygen atoms in total. The van der Waals surface area contributed by atoms with Crippen LogP contribution in [0.1, 0.15) is 97.3 Å². The van der Waals surface area contributed by atoms with Crippen LogP contribution in [0, 0.1) is 0 Å². The molecule has 0 amide bonds. The van der Waals surface area contributed by atoms with Gasteiger partial charge in [-0.05, 0) is 0 Å². The van der Waals surface area contributed by atoms with E-state index in [0.29, 0.717) is 0 Å². The van der Waals surface area contributed by atoms with E-state index in [1.165, 1.54) is 83.5 Å². The summed E-state index contributed by atoms with van der Waals surface area (Å²) in [5.41, 5.74) is 0. The van der Waals surface area contributed by atoms with Crippen LogP contribution in [0.4, 0.5) is 0 Å². The summed E-state index contributed by atoms with van der Waals surface area (Å²) in [7, 11) is -4.67. The topological polar surface area (TPSA) is 165 Å². The maximum atomic E-state index is 8.74. The molecule has 0 aromatic rings. The van der Waals surface area contributed by atoms with Crippen LogP contribution in [0.5, 0.6) is 0 Å². The van der Waals surface area contributed by atoms with Gasteiger partial charge in [0.1, 0.15) is 12.2 Å². The van der Waals surface area contributed by atoms with Crippen molar-refractivity contribution in [2.24, 2.45) is 0 Å². The number of ether oxygens (including phenoxy) is 1. The zero-order valence-corrected chi connectivity index (χ0v) is 20.3. The molecule has 0 radical (unpaired) electrons. The molecule has 0 aromatic carbocycles. The Morgan fingerprint density at radius 1 is 0.613 bits per heavy atom. The van der Waals surface area contributed by atoms with Gasteiger partial charge in [-0.25, -0.2) is 0 Å². The minimum absolute atomic E-state index is 0.0342. The Labute approximate surface area is 189 Å². The number of rotatable bonds is 18. The predicted octanol–water partition coefficient (Wildman–Crippen LogP) is 3.15. The molecule has 0 saturated carbocycles.